The Kier molecular flexibility index (Phi) is 6.27. The fourth-order valence-corrected chi connectivity index (χ4v) is 2.26. The number of ether oxygens (including phenoxy) is 2. The van der Waals surface area contributed by atoms with Gasteiger partial charge in [0.1, 0.15) is 5.60 Å². The monoisotopic (exact) mass is 286 g/mol. The molecule has 1 aliphatic rings. The van der Waals surface area contributed by atoms with Gasteiger partial charge in [0, 0.05) is 25.2 Å². The first kappa shape index (κ1) is 17.2. The van der Waals surface area contributed by atoms with Crippen LogP contribution in [0.2, 0.25) is 0 Å². The SMILES string of the molecule is COCC(NC1CC(NC(=O)OC(C)(C)C)C1)C(C)C. The highest BCUT2D eigenvalue weighted by Gasteiger charge is 2.33. The molecular formula is C15H30N2O3. The van der Waals surface area contributed by atoms with E-state index in [2.05, 4.69) is 24.5 Å². The summed E-state index contributed by atoms with van der Waals surface area (Å²) < 4.78 is 10.5. The van der Waals surface area contributed by atoms with Gasteiger partial charge in [0.15, 0.2) is 0 Å². The van der Waals surface area contributed by atoms with Crippen molar-refractivity contribution in [3.63, 3.8) is 0 Å². The lowest BCUT2D eigenvalue weighted by molar-refractivity contribution is 0.0453. The number of hydrogen-bond donors (Lipinski definition) is 2. The molecule has 1 unspecified atom stereocenters. The lowest BCUT2D eigenvalue weighted by atomic mass is 9.85. The molecule has 1 aliphatic carbocycles. The minimum absolute atomic E-state index is 0.220. The molecule has 0 heterocycles. The number of carbonyl (C=O) groups excluding carboxylic acids is 1. The van der Waals surface area contributed by atoms with Gasteiger partial charge < -0.3 is 20.1 Å². The molecule has 0 spiro atoms. The molecule has 1 atom stereocenters. The molecule has 5 heteroatoms. The zero-order chi connectivity index (χ0) is 15.3. The highest BCUT2D eigenvalue weighted by molar-refractivity contribution is 5.68. The van der Waals surface area contributed by atoms with Crippen molar-refractivity contribution >= 4 is 6.09 Å². The molecule has 20 heavy (non-hydrogen) atoms. The Labute approximate surface area is 122 Å². The van der Waals surface area contributed by atoms with Crippen LogP contribution in [-0.2, 0) is 9.47 Å². The second kappa shape index (κ2) is 7.27. The van der Waals surface area contributed by atoms with E-state index >= 15 is 0 Å². The summed E-state index contributed by atoms with van der Waals surface area (Å²) in [6.45, 7) is 10.7. The number of methoxy groups -OCH3 is 1. The van der Waals surface area contributed by atoms with E-state index in [0.717, 1.165) is 19.4 Å². The van der Waals surface area contributed by atoms with Crippen LogP contribution in [0.15, 0.2) is 0 Å². The predicted octanol–water partition coefficient (Wildman–Crippen LogP) is 2.30. The third-order valence-electron chi connectivity index (χ3n) is 3.46. The predicted molar refractivity (Wildman–Crippen MR) is 79.8 cm³/mol. The Bertz CT molecular complexity index is 307. The quantitative estimate of drug-likeness (QED) is 0.786. The normalized spacial score (nSPS) is 24.1. The molecule has 1 saturated carbocycles. The van der Waals surface area contributed by atoms with Crippen molar-refractivity contribution in [1.29, 1.82) is 0 Å². The minimum Gasteiger partial charge on any atom is -0.444 e. The van der Waals surface area contributed by atoms with Gasteiger partial charge in [-0.3, -0.25) is 0 Å². The molecule has 1 rings (SSSR count). The van der Waals surface area contributed by atoms with Gasteiger partial charge in [-0.25, -0.2) is 4.79 Å². The second-order valence-electron chi connectivity index (χ2n) is 6.98. The summed E-state index contributed by atoms with van der Waals surface area (Å²) in [7, 11) is 1.73. The van der Waals surface area contributed by atoms with Crippen molar-refractivity contribution in [3.8, 4) is 0 Å². The summed E-state index contributed by atoms with van der Waals surface area (Å²) in [5, 5.41) is 6.49. The van der Waals surface area contributed by atoms with E-state index in [4.69, 9.17) is 9.47 Å². The van der Waals surface area contributed by atoms with Crippen LogP contribution < -0.4 is 10.6 Å². The lowest BCUT2D eigenvalue weighted by Gasteiger charge is -2.39. The molecule has 0 aliphatic heterocycles. The van der Waals surface area contributed by atoms with Crippen LogP contribution in [-0.4, -0.2) is 43.5 Å². The molecule has 118 valence electrons. The fraction of sp³-hybridized carbons (Fsp3) is 0.933. The summed E-state index contributed by atoms with van der Waals surface area (Å²) in [6, 6.07) is 1.04. The van der Waals surface area contributed by atoms with E-state index in [9.17, 15) is 4.79 Å². The highest BCUT2D eigenvalue weighted by Crippen LogP contribution is 2.22. The summed E-state index contributed by atoms with van der Waals surface area (Å²) in [5.74, 6) is 0.535. The number of amides is 1. The maximum absolute atomic E-state index is 11.6. The van der Waals surface area contributed by atoms with Gasteiger partial charge in [-0.05, 0) is 39.5 Å². The summed E-state index contributed by atoms with van der Waals surface area (Å²) in [4.78, 5) is 11.6. The number of hydrogen-bond acceptors (Lipinski definition) is 4. The van der Waals surface area contributed by atoms with E-state index < -0.39 is 5.60 Å². The number of nitrogens with one attached hydrogen (secondary N) is 2. The Hall–Kier alpha value is -0.810. The smallest absolute Gasteiger partial charge is 0.407 e. The van der Waals surface area contributed by atoms with Crippen molar-refractivity contribution in [3.05, 3.63) is 0 Å². The first-order valence-electron chi connectivity index (χ1n) is 7.45. The average Bonchev–Trinajstić information content (AvgIpc) is 2.21. The second-order valence-corrected chi connectivity index (χ2v) is 6.98. The Balaban J connectivity index is 2.24. The maximum atomic E-state index is 11.6. The van der Waals surface area contributed by atoms with Gasteiger partial charge in [0.2, 0.25) is 0 Å². The molecule has 2 N–H and O–H groups in total. The Morgan fingerprint density at radius 3 is 2.30 bits per heavy atom. The van der Waals surface area contributed by atoms with Crippen molar-refractivity contribution in [2.75, 3.05) is 13.7 Å². The van der Waals surface area contributed by atoms with Crippen molar-refractivity contribution in [2.24, 2.45) is 5.92 Å². The molecule has 0 radical (unpaired) electrons. The maximum Gasteiger partial charge on any atom is 0.407 e. The zero-order valence-corrected chi connectivity index (χ0v) is 13.7. The Morgan fingerprint density at radius 2 is 1.85 bits per heavy atom. The van der Waals surface area contributed by atoms with Crippen molar-refractivity contribution in [2.45, 2.75) is 71.2 Å². The topological polar surface area (TPSA) is 59.6 Å². The number of alkyl carbamates (subject to hydrolysis) is 1. The van der Waals surface area contributed by atoms with Gasteiger partial charge in [0.05, 0.1) is 6.61 Å². The highest BCUT2D eigenvalue weighted by atomic mass is 16.6. The molecule has 0 saturated heterocycles. The van der Waals surface area contributed by atoms with E-state index in [1.54, 1.807) is 7.11 Å². The minimum atomic E-state index is -0.438. The molecule has 1 fully saturated rings. The zero-order valence-electron chi connectivity index (χ0n) is 13.7. The van der Waals surface area contributed by atoms with Gasteiger partial charge in [-0.2, -0.15) is 0 Å². The number of rotatable bonds is 6. The van der Waals surface area contributed by atoms with Crippen LogP contribution in [0.5, 0.6) is 0 Å². The molecule has 5 nitrogen and oxygen atoms in total. The molecule has 0 aromatic rings. The summed E-state index contributed by atoms with van der Waals surface area (Å²) in [6.07, 6.45) is 1.58. The largest absolute Gasteiger partial charge is 0.444 e. The first-order valence-corrected chi connectivity index (χ1v) is 7.45. The van der Waals surface area contributed by atoms with Crippen LogP contribution in [0.25, 0.3) is 0 Å². The van der Waals surface area contributed by atoms with Crippen molar-refractivity contribution in [1.82, 2.24) is 10.6 Å². The van der Waals surface area contributed by atoms with Crippen LogP contribution in [0.4, 0.5) is 4.79 Å². The van der Waals surface area contributed by atoms with E-state index in [1.807, 2.05) is 20.8 Å². The summed E-state index contributed by atoms with van der Waals surface area (Å²) in [5.41, 5.74) is -0.438. The van der Waals surface area contributed by atoms with Gasteiger partial charge in [-0.15, -0.1) is 0 Å². The van der Waals surface area contributed by atoms with E-state index in [-0.39, 0.29) is 12.1 Å². The van der Waals surface area contributed by atoms with E-state index in [0.29, 0.717) is 18.0 Å². The molecular weight excluding hydrogens is 256 g/mol. The van der Waals surface area contributed by atoms with E-state index in [1.165, 1.54) is 0 Å². The third kappa shape index (κ3) is 6.09. The lowest BCUT2D eigenvalue weighted by Crippen LogP contribution is -2.56. The summed E-state index contributed by atoms with van der Waals surface area (Å²) >= 11 is 0. The van der Waals surface area contributed by atoms with Gasteiger partial charge in [-0.1, -0.05) is 13.8 Å². The third-order valence-corrected chi connectivity index (χ3v) is 3.46. The van der Waals surface area contributed by atoms with Gasteiger partial charge in [0.25, 0.3) is 0 Å². The van der Waals surface area contributed by atoms with Crippen LogP contribution in [0.1, 0.15) is 47.5 Å². The Morgan fingerprint density at radius 1 is 1.25 bits per heavy atom. The molecule has 0 bridgehead atoms. The van der Waals surface area contributed by atoms with Gasteiger partial charge >= 0.3 is 6.09 Å². The molecule has 0 aromatic carbocycles. The van der Waals surface area contributed by atoms with Crippen LogP contribution in [0, 0.1) is 5.92 Å². The first-order chi connectivity index (χ1) is 9.21. The van der Waals surface area contributed by atoms with Crippen molar-refractivity contribution < 1.29 is 14.3 Å². The molecule has 0 aromatic heterocycles. The number of carbonyl (C=O) groups is 1. The van der Waals surface area contributed by atoms with Crippen LogP contribution in [0.3, 0.4) is 0 Å². The van der Waals surface area contributed by atoms with Crippen LogP contribution >= 0.6 is 0 Å². The fourth-order valence-electron chi connectivity index (χ4n) is 2.26. The average molecular weight is 286 g/mol. The standard InChI is InChI=1S/C15H30N2O3/c1-10(2)13(9-19-6)16-11-7-12(8-11)17-14(18)20-15(3,4)5/h10-13,16H,7-9H2,1-6H3,(H,17,18). The molecule has 1 amide bonds.